The van der Waals surface area contributed by atoms with Gasteiger partial charge in [0.05, 0.1) is 15.5 Å². The normalized spacial score (nSPS) is 20.6. The summed E-state index contributed by atoms with van der Waals surface area (Å²) in [5.41, 5.74) is 0.0569. The summed E-state index contributed by atoms with van der Waals surface area (Å²) in [6.07, 6.45) is 0.177. The lowest BCUT2D eigenvalue weighted by Gasteiger charge is -2.17. The van der Waals surface area contributed by atoms with Crippen molar-refractivity contribution in [1.29, 1.82) is 0 Å². The summed E-state index contributed by atoms with van der Waals surface area (Å²) >= 11 is 8.75. The summed E-state index contributed by atoms with van der Waals surface area (Å²) in [6.45, 7) is 0.245. The number of hydrogen-bond acceptors (Lipinski definition) is 1. The van der Waals surface area contributed by atoms with Crippen molar-refractivity contribution >= 4 is 39.1 Å². The molecule has 1 aliphatic heterocycles. The Morgan fingerprint density at radius 3 is 2.62 bits per heavy atom. The first-order chi connectivity index (χ1) is 7.49. The fourth-order valence-electron chi connectivity index (χ4n) is 1.62. The summed E-state index contributed by atoms with van der Waals surface area (Å²) in [5.74, 6) is -1.72. The van der Waals surface area contributed by atoms with Crippen LogP contribution in [0.5, 0.6) is 0 Å². The zero-order valence-corrected chi connectivity index (χ0v) is 10.4. The van der Waals surface area contributed by atoms with Gasteiger partial charge in [-0.3, -0.25) is 4.79 Å². The lowest BCUT2D eigenvalue weighted by atomic mass is 10.2. The van der Waals surface area contributed by atoms with Crippen LogP contribution in [0.15, 0.2) is 16.6 Å². The largest absolute Gasteiger partial charge is 0.308 e. The first-order valence-electron chi connectivity index (χ1n) is 4.58. The number of carbonyl (C=O) groups excluding carboxylic acids is 1. The van der Waals surface area contributed by atoms with Gasteiger partial charge < -0.3 is 4.90 Å². The van der Waals surface area contributed by atoms with E-state index in [0.29, 0.717) is 0 Å². The number of rotatable bonds is 1. The lowest BCUT2D eigenvalue weighted by molar-refractivity contribution is -0.117. The van der Waals surface area contributed by atoms with Gasteiger partial charge in [0.1, 0.15) is 11.6 Å². The van der Waals surface area contributed by atoms with Crippen LogP contribution in [0.2, 0.25) is 0 Å². The molecule has 2 rings (SSSR count). The molecule has 2 nitrogen and oxygen atoms in total. The monoisotopic (exact) mass is 309 g/mol. The van der Waals surface area contributed by atoms with Crippen molar-refractivity contribution in [3.05, 3.63) is 28.2 Å². The van der Waals surface area contributed by atoms with Crippen LogP contribution < -0.4 is 4.90 Å². The smallest absolute Gasteiger partial charge is 0.228 e. The van der Waals surface area contributed by atoms with Gasteiger partial charge >= 0.3 is 0 Å². The fraction of sp³-hybridized carbons (Fsp3) is 0.300. The summed E-state index contributed by atoms with van der Waals surface area (Å²) < 4.78 is 26.6. The molecule has 6 heteroatoms. The van der Waals surface area contributed by atoms with E-state index < -0.39 is 11.6 Å². The van der Waals surface area contributed by atoms with E-state index in [1.54, 1.807) is 0 Å². The topological polar surface area (TPSA) is 20.3 Å². The average Bonchev–Trinajstić information content (AvgIpc) is 2.51. The molecule has 0 radical (unpaired) electrons. The van der Waals surface area contributed by atoms with Gasteiger partial charge in [-0.25, -0.2) is 8.78 Å². The molecule has 1 aliphatic rings. The van der Waals surface area contributed by atoms with Gasteiger partial charge in [0.25, 0.3) is 0 Å². The van der Waals surface area contributed by atoms with E-state index in [2.05, 4.69) is 15.9 Å². The summed E-state index contributed by atoms with van der Waals surface area (Å²) in [5, 5.41) is -0.323. The van der Waals surface area contributed by atoms with Gasteiger partial charge in [-0.15, -0.1) is 11.6 Å². The second-order valence-electron chi connectivity index (χ2n) is 3.52. The van der Waals surface area contributed by atoms with Gasteiger partial charge in [0, 0.05) is 19.0 Å². The number of nitrogens with zero attached hydrogens (tertiary/aromatic N) is 1. The molecule has 1 saturated heterocycles. The molecule has 0 bridgehead atoms. The minimum Gasteiger partial charge on any atom is -0.308 e. The molecule has 1 heterocycles. The predicted molar refractivity (Wildman–Crippen MR) is 60.7 cm³/mol. The van der Waals surface area contributed by atoms with Crippen LogP contribution >= 0.6 is 27.5 Å². The minimum absolute atomic E-state index is 0.0569. The lowest BCUT2D eigenvalue weighted by Crippen LogP contribution is -2.25. The average molecular weight is 311 g/mol. The van der Waals surface area contributed by atoms with E-state index in [1.807, 2.05) is 0 Å². The molecule has 16 heavy (non-hydrogen) atoms. The van der Waals surface area contributed by atoms with Crippen molar-refractivity contribution in [3.63, 3.8) is 0 Å². The van der Waals surface area contributed by atoms with Gasteiger partial charge in [-0.2, -0.15) is 0 Å². The maximum Gasteiger partial charge on any atom is 0.228 e. The zero-order valence-electron chi connectivity index (χ0n) is 8.01. The molecule has 1 fully saturated rings. The first-order valence-corrected chi connectivity index (χ1v) is 5.81. The molecule has 1 aromatic carbocycles. The van der Waals surface area contributed by atoms with E-state index in [9.17, 15) is 13.6 Å². The summed E-state index contributed by atoms with van der Waals surface area (Å²) in [6, 6.07) is 1.99. The third-order valence-electron chi connectivity index (χ3n) is 2.36. The van der Waals surface area contributed by atoms with Crippen LogP contribution in [-0.2, 0) is 4.79 Å². The molecule has 0 aromatic heterocycles. The van der Waals surface area contributed by atoms with Crippen molar-refractivity contribution in [1.82, 2.24) is 0 Å². The van der Waals surface area contributed by atoms with Crippen molar-refractivity contribution in [3.8, 4) is 0 Å². The highest BCUT2D eigenvalue weighted by molar-refractivity contribution is 9.10. The Kier molecular flexibility index (Phi) is 3.17. The van der Waals surface area contributed by atoms with Crippen LogP contribution in [0.1, 0.15) is 6.42 Å². The maximum absolute atomic E-state index is 13.5. The molecular formula is C10H7BrClF2NO. The molecule has 0 N–H and O–H groups in total. The number of anilines is 1. The fourth-order valence-corrected chi connectivity index (χ4v) is 2.22. The van der Waals surface area contributed by atoms with Gasteiger partial charge in [0.2, 0.25) is 5.91 Å². The number of amides is 1. The van der Waals surface area contributed by atoms with Crippen LogP contribution in [0.25, 0.3) is 0 Å². The van der Waals surface area contributed by atoms with Crippen LogP contribution in [0, 0.1) is 11.6 Å². The Hall–Kier alpha value is -0.680. The van der Waals surface area contributed by atoms with Crippen LogP contribution in [0.4, 0.5) is 14.5 Å². The summed E-state index contributed by atoms with van der Waals surface area (Å²) in [4.78, 5) is 12.7. The SMILES string of the molecule is O=C1CC(Cl)CN1c1cc(Br)c(F)cc1F. The predicted octanol–water partition coefficient (Wildman–Crippen LogP) is 3.07. The molecule has 1 atom stereocenters. The number of halogens is 4. The van der Waals surface area contributed by atoms with Crippen molar-refractivity contribution in [2.75, 3.05) is 11.4 Å². The van der Waals surface area contributed by atoms with Gasteiger partial charge in [-0.05, 0) is 22.0 Å². The Morgan fingerprint density at radius 2 is 2.06 bits per heavy atom. The van der Waals surface area contributed by atoms with E-state index >= 15 is 0 Å². The third-order valence-corrected chi connectivity index (χ3v) is 3.26. The van der Waals surface area contributed by atoms with Crippen molar-refractivity contribution < 1.29 is 13.6 Å². The van der Waals surface area contributed by atoms with Crippen molar-refractivity contribution in [2.24, 2.45) is 0 Å². The van der Waals surface area contributed by atoms with Crippen LogP contribution in [0.3, 0.4) is 0 Å². The maximum atomic E-state index is 13.5. The number of benzene rings is 1. The highest BCUT2D eigenvalue weighted by Gasteiger charge is 2.31. The Bertz CT molecular complexity index is 455. The second kappa shape index (κ2) is 4.30. The highest BCUT2D eigenvalue weighted by Crippen LogP contribution is 2.30. The van der Waals surface area contributed by atoms with Gasteiger partial charge in [0.15, 0.2) is 0 Å². The Morgan fingerprint density at radius 1 is 1.38 bits per heavy atom. The standard InChI is InChI=1S/C10H7BrClF2NO/c11-6-2-9(8(14)3-7(6)13)15-4-5(12)1-10(15)16/h2-3,5H,1,4H2. The number of hydrogen-bond donors (Lipinski definition) is 0. The molecule has 86 valence electrons. The third kappa shape index (κ3) is 2.06. The molecule has 0 spiro atoms. The molecule has 0 aliphatic carbocycles. The van der Waals surface area contributed by atoms with E-state index in [-0.39, 0.29) is 34.4 Å². The quantitative estimate of drug-likeness (QED) is 0.577. The Balaban J connectivity index is 2.41. The Labute approximate surface area is 104 Å². The number of alkyl halides is 1. The van der Waals surface area contributed by atoms with Crippen LogP contribution in [-0.4, -0.2) is 17.8 Å². The van der Waals surface area contributed by atoms with Gasteiger partial charge in [-0.1, -0.05) is 0 Å². The molecule has 0 saturated carbocycles. The minimum atomic E-state index is -0.764. The van der Waals surface area contributed by atoms with Crippen molar-refractivity contribution in [2.45, 2.75) is 11.8 Å². The summed E-state index contributed by atoms with van der Waals surface area (Å²) in [7, 11) is 0. The zero-order chi connectivity index (χ0) is 11.9. The second-order valence-corrected chi connectivity index (χ2v) is 5.00. The molecule has 1 unspecified atom stereocenters. The van der Waals surface area contributed by atoms with E-state index in [4.69, 9.17) is 11.6 Å². The van der Waals surface area contributed by atoms with E-state index in [1.165, 1.54) is 11.0 Å². The molecular weight excluding hydrogens is 303 g/mol. The molecule has 1 aromatic rings. The molecule has 1 amide bonds. The first kappa shape index (κ1) is 11.8. The van der Waals surface area contributed by atoms with E-state index in [0.717, 1.165) is 6.07 Å². The highest BCUT2D eigenvalue weighted by atomic mass is 79.9. The number of carbonyl (C=O) groups is 1.